The first kappa shape index (κ1) is 12.5. The van der Waals surface area contributed by atoms with Crippen molar-refractivity contribution in [2.45, 2.75) is 31.7 Å². The fourth-order valence-electron chi connectivity index (χ4n) is 2.68. The van der Waals surface area contributed by atoms with Crippen LogP contribution in [0.4, 0.5) is 17.6 Å². The predicted molar refractivity (Wildman–Crippen MR) is 77.0 cm³/mol. The van der Waals surface area contributed by atoms with E-state index < -0.39 is 0 Å². The molecule has 6 heteroatoms. The minimum Gasteiger partial charge on any atom is -0.383 e. The van der Waals surface area contributed by atoms with Crippen molar-refractivity contribution in [2.75, 3.05) is 36.5 Å². The molecule has 0 atom stereocenters. The van der Waals surface area contributed by atoms with Crippen molar-refractivity contribution < 1.29 is 0 Å². The normalized spacial score (nSPS) is 21.3. The predicted octanol–water partition coefficient (Wildman–Crippen LogP) is 0.392. The van der Waals surface area contributed by atoms with Crippen LogP contribution in [0.15, 0.2) is 0 Å². The Balaban J connectivity index is 1.87. The smallest absolute Gasteiger partial charge is 0.223 e. The summed E-state index contributed by atoms with van der Waals surface area (Å²) in [7, 11) is 1.99. The van der Waals surface area contributed by atoms with Crippen LogP contribution in [0.2, 0.25) is 0 Å². The third kappa shape index (κ3) is 2.32. The molecule has 1 aliphatic heterocycles. The second-order valence-corrected chi connectivity index (χ2v) is 6.08. The quantitative estimate of drug-likeness (QED) is 0.727. The van der Waals surface area contributed by atoms with Crippen LogP contribution in [0.1, 0.15) is 25.3 Å². The standard InChI is InChI=1S/C13H22N6/c1-13(16-2)6-19(7-13)11-9(5-8-3-4-8)10(14)17-12(15)18-11/h8,16H,3-7H2,1-2H3,(H4,14,15,17,18). The summed E-state index contributed by atoms with van der Waals surface area (Å²) in [6.45, 7) is 4.06. The summed E-state index contributed by atoms with van der Waals surface area (Å²) < 4.78 is 0. The molecule has 0 aromatic carbocycles. The zero-order valence-electron chi connectivity index (χ0n) is 11.6. The molecule has 0 spiro atoms. The maximum absolute atomic E-state index is 6.04. The van der Waals surface area contributed by atoms with Gasteiger partial charge in [0.15, 0.2) is 0 Å². The molecular weight excluding hydrogens is 240 g/mol. The van der Waals surface area contributed by atoms with Crippen molar-refractivity contribution >= 4 is 17.6 Å². The van der Waals surface area contributed by atoms with E-state index in [0.29, 0.717) is 5.82 Å². The fraction of sp³-hybridized carbons (Fsp3) is 0.692. The van der Waals surface area contributed by atoms with Crippen LogP contribution in [0.3, 0.4) is 0 Å². The van der Waals surface area contributed by atoms with Gasteiger partial charge in [-0.05, 0) is 39.2 Å². The topological polar surface area (TPSA) is 93.1 Å². The highest BCUT2D eigenvalue weighted by Gasteiger charge is 2.39. The lowest BCUT2D eigenvalue weighted by Gasteiger charge is -2.49. The Hall–Kier alpha value is -1.56. The van der Waals surface area contributed by atoms with Gasteiger partial charge in [-0.25, -0.2) is 0 Å². The number of aromatic nitrogens is 2. The van der Waals surface area contributed by atoms with Crippen molar-refractivity contribution in [3.63, 3.8) is 0 Å². The van der Waals surface area contributed by atoms with Crippen LogP contribution in [0.5, 0.6) is 0 Å². The van der Waals surface area contributed by atoms with Gasteiger partial charge in [0.05, 0.1) is 5.54 Å². The van der Waals surface area contributed by atoms with Crippen molar-refractivity contribution in [1.82, 2.24) is 15.3 Å². The van der Waals surface area contributed by atoms with Crippen LogP contribution in [-0.4, -0.2) is 35.6 Å². The number of nitrogen functional groups attached to an aromatic ring is 2. The van der Waals surface area contributed by atoms with Crippen LogP contribution < -0.4 is 21.7 Å². The minimum atomic E-state index is 0.158. The van der Waals surface area contributed by atoms with Gasteiger partial charge in [0.2, 0.25) is 5.95 Å². The molecule has 0 unspecified atom stereocenters. The van der Waals surface area contributed by atoms with Crippen molar-refractivity contribution in [1.29, 1.82) is 0 Å². The minimum absolute atomic E-state index is 0.158. The largest absolute Gasteiger partial charge is 0.383 e. The molecule has 1 saturated carbocycles. The molecule has 2 aliphatic rings. The van der Waals surface area contributed by atoms with E-state index in [-0.39, 0.29) is 11.5 Å². The van der Waals surface area contributed by atoms with E-state index in [1.54, 1.807) is 0 Å². The number of hydrogen-bond donors (Lipinski definition) is 3. The zero-order chi connectivity index (χ0) is 13.6. The van der Waals surface area contributed by atoms with Crippen LogP contribution in [-0.2, 0) is 6.42 Å². The van der Waals surface area contributed by atoms with E-state index in [1.807, 2.05) is 7.05 Å². The third-order valence-corrected chi connectivity index (χ3v) is 4.21. The molecule has 2 fully saturated rings. The van der Waals surface area contributed by atoms with Crippen molar-refractivity contribution in [3.05, 3.63) is 5.56 Å². The summed E-state index contributed by atoms with van der Waals surface area (Å²) in [5, 5.41) is 3.33. The molecule has 6 nitrogen and oxygen atoms in total. The summed E-state index contributed by atoms with van der Waals surface area (Å²) in [6, 6.07) is 0. The SMILES string of the molecule is CNC1(C)CN(c2nc(N)nc(N)c2CC2CC2)C1. The first-order chi connectivity index (χ1) is 9.00. The van der Waals surface area contributed by atoms with Gasteiger partial charge in [-0.15, -0.1) is 0 Å². The Labute approximate surface area is 113 Å². The lowest BCUT2D eigenvalue weighted by Crippen LogP contribution is -2.67. The molecule has 5 N–H and O–H groups in total. The van der Waals surface area contributed by atoms with Gasteiger partial charge in [-0.2, -0.15) is 9.97 Å². The highest BCUT2D eigenvalue weighted by Crippen LogP contribution is 2.38. The third-order valence-electron chi connectivity index (χ3n) is 4.21. The maximum Gasteiger partial charge on any atom is 0.223 e. The Morgan fingerprint density at radius 1 is 1.32 bits per heavy atom. The number of hydrogen-bond acceptors (Lipinski definition) is 6. The van der Waals surface area contributed by atoms with Crippen LogP contribution in [0, 0.1) is 5.92 Å². The Morgan fingerprint density at radius 3 is 2.58 bits per heavy atom. The van der Waals surface area contributed by atoms with E-state index >= 15 is 0 Å². The number of rotatable bonds is 4. The summed E-state index contributed by atoms with van der Waals surface area (Å²) >= 11 is 0. The molecule has 2 heterocycles. The molecular formula is C13H22N6. The van der Waals surface area contributed by atoms with E-state index in [1.165, 1.54) is 12.8 Å². The lowest BCUT2D eigenvalue weighted by molar-refractivity contribution is 0.301. The van der Waals surface area contributed by atoms with E-state index in [9.17, 15) is 0 Å². The highest BCUT2D eigenvalue weighted by molar-refractivity contribution is 5.62. The number of nitrogens with zero attached hydrogens (tertiary/aromatic N) is 3. The molecule has 104 valence electrons. The van der Waals surface area contributed by atoms with Gasteiger partial charge >= 0.3 is 0 Å². The Kier molecular flexibility index (Phi) is 2.78. The Bertz CT molecular complexity index is 490. The first-order valence-corrected chi connectivity index (χ1v) is 6.86. The van der Waals surface area contributed by atoms with Gasteiger partial charge in [0, 0.05) is 18.7 Å². The summed E-state index contributed by atoms with van der Waals surface area (Å²) in [6.07, 6.45) is 3.56. The molecule has 1 aliphatic carbocycles. The van der Waals surface area contributed by atoms with E-state index in [2.05, 4.69) is 27.1 Å². The van der Waals surface area contributed by atoms with Gasteiger partial charge in [-0.3, -0.25) is 0 Å². The highest BCUT2D eigenvalue weighted by atomic mass is 15.3. The van der Waals surface area contributed by atoms with Crippen molar-refractivity contribution in [2.24, 2.45) is 5.92 Å². The molecule has 0 bridgehead atoms. The Morgan fingerprint density at radius 2 is 2.00 bits per heavy atom. The molecule has 1 aromatic rings. The number of anilines is 3. The van der Waals surface area contributed by atoms with Gasteiger partial charge in [-0.1, -0.05) is 0 Å². The van der Waals surface area contributed by atoms with E-state index in [0.717, 1.165) is 36.8 Å². The average molecular weight is 262 g/mol. The lowest BCUT2D eigenvalue weighted by atomic mass is 9.92. The molecule has 1 aromatic heterocycles. The average Bonchev–Trinajstić information content (AvgIpc) is 3.12. The fourth-order valence-corrected chi connectivity index (χ4v) is 2.68. The number of nitrogens with one attached hydrogen (secondary N) is 1. The monoisotopic (exact) mass is 262 g/mol. The molecule has 0 radical (unpaired) electrons. The number of nitrogens with two attached hydrogens (primary N) is 2. The molecule has 0 amide bonds. The summed E-state index contributed by atoms with van der Waals surface area (Å²) in [5.41, 5.74) is 13.0. The van der Waals surface area contributed by atoms with Gasteiger partial charge in [0.25, 0.3) is 0 Å². The summed E-state index contributed by atoms with van der Waals surface area (Å²) in [5.74, 6) is 2.51. The molecule has 19 heavy (non-hydrogen) atoms. The van der Waals surface area contributed by atoms with Crippen LogP contribution >= 0.6 is 0 Å². The summed E-state index contributed by atoms with van der Waals surface area (Å²) in [4.78, 5) is 10.8. The molecule has 1 saturated heterocycles. The maximum atomic E-state index is 6.04. The first-order valence-electron chi connectivity index (χ1n) is 6.86. The van der Waals surface area contributed by atoms with Crippen LogP contribution in [0.25, 0.3) is 0 Å². The molecule has 3 rings (SSSR count). The van der Waals surface area contributed by atoms with Gasteiger partial charge in [0.1, 0.15) is 11.6 Å². The van der Waals surface area contributed by atoms with E-state index in [4.69, 9.17) is 11.5 Å². The second-order valence-electron chi connectivity index (χ2n) is 6.08. The number of likely N-dealkylation sites (N-methyl/N-ethyl adjacent to an activating group) is 1. The van der Waals surface area contributed by atoms with Crippen molar-refractivity contribution in [3.8, 4) is 0 Å². The second kappa shape index (κ2) is 4.23. The van der Waals surface area contributed by atoms with Gasteiger partial charge < -0.3 is 21.7 Å². The zero-order valence-corrected chi connectivity index (χ0v) is 11.6.